The highest BCUT2D eigenvalue weighted by Crippen LogP contribution is 2.60. The van der Waals surface area contributed by atoms with Crippen molar-refractivity contribution in [3.05, 3.63) is 118 Å². The van der Waals surface area contributed by atoms with Crippen LogP contribution in [0.2, 0.25) is 18.6 Å². The molecule has 8 rings (SSSR count). The predicted octanol–water partition coefficient (Wildman–Crippen LogP) is 7.07. The van der Waals surface area contributed by atoms with Crippen LogP contribution in [0.15, 0.2) is 95.5 Å². The molecule has 9 nitrogen and oxygen atoms in total. The van der Waals surface area contributed by atoms with Crippen molar-refractivity contribution in [2.45, 2.75) is 88.5 Å². The van der Waals surface area contributed by atoms with E-state index in [0.29, 0.717) is 25.9 Å². The molecule has 0 aliphatic carbocycles. The van der Waals surface area contributed by atoms with Crippen LogP contribution < -0.4 is 19.7 Å². The number of piperidine rings is 1. The number of methoxy groups -OCH3 is 1. The molecular weight excluding hydrogens is 786 g/mol. The molecule has 5 atom stereocenters. The summed E-state index contributed by atoms with van der Waals surface area (Å²) in [4.78, 5) is 48.1. The number of anilines is 2. The van der Waals surface area contributed by atoms with E-state index in [-0.39, 0.29) is 48.3 Å². The van der Waals surface area contributed by atoms with Crippen LogP contribution in [0.3, 0.4) is 0 Å². The van der Waals surface area contributed by atoms with Gasteiger partial charge in [-0.3, -0.25) is 14.4 Å². The molecule has 4 aliphatic rings. The minimum absolute atomic E-state index is 0.0821. The zero-order chi connectivity index (χ0) is 39.4. The zero-order valence-electron chi connectivity index (χ0n) is 32.5. The van der Waals surface area contributed by atoms with Crippen molar-refractivity contribution in [2.75, 3.05) is 30.1 Å². The molecule has 11 heteroatoms. The quantitative estimate of drug-likeness (QED) is 0.181. The number of nitrogens with zero attached hydrogens (tertiary/aromatic N) is 3. The van der Waals surface area contributed by atoms with Crippen molar-refractivity contribution in [2.24, 2.45) is 5.92 Å². The molecule has 4 aromatic carbocycles. The van der Waals surface area contributed by atoms with Crippen molar-refractivity contribution in [3.8, 4) is 5.75 Å². The van der Waals surface area contributed by atoms with Crippen LogP contribution in [-0.4, -0.2) is 68.2 Å². The average molecular weight is 837 g/mol. The van der Waals surface area contributed by atoms with Gasteiger partial charge in [0.25, 0.3) is 5.91 Å². The smallest absolute Gasteiger partial charge is 0.264 e. The summed E-state index contributed by atoms with van der Waals surface area (Å²) >= 11 is 3.71. The van der Waals surface area contributed by atoms with Crippen LogP contribution >= 0.6 is 15.9 Å². The van der Waals surface area contributed by atoms with Crippen molar-refractivity contribution in [1.29, 1.82) is 0 Å². The number of carbonyl (C=O) groups excluding carboxylic acids is 3. The van der Waals surface area contributed by atoms with Gasteiger partial charge >= 0.3 is 0 Å². The van der Waals surface area contributed by atoms with Crippen LogP contribution in [0.25, 0.3) is 0 Å². The van der Waals surface area contributed by atoms with Crippen molar-refractivity contribution < 1.29 is 29.0 Å². The number of amides is 3. The van der Waals surface area contributed by atoms with E-state index in [0.717, 1.165) is 63.2 Å². The number of fused-ring (bicyclic) bond motifs is 3. The molecule has 292 valence electrons. The maximum atomic E-state index is 15.3. The molecule has 2 saturated heterocycles. The van der Waals surface area contributed by atoms with Crippen LogP contribution in [0.4, 0.5) is 11.4 Å². The Hall–Kier alpha value is -4.29. The van der Waals surface area contributed by atoms with Gasteiger partial charge in [-0.1, -0.05) is 89.7 Å². The predicted molar refractivity (Wildman–Crippen MR) is 224 cm³/mol. The van der Waals surface area contributed by atoms with E-state index in [1.165, 1.54) is 5.19 Å². The molecule has 4 heterocycles. The first-order valence-electron chi connectivity index (χ1n) is 19.8. The fourth-order valence-electron chi connectivity index (χ4n) is 10.0. The molecule has 0 aromatic heterocycles. The van der Waals surface area contributed by atoms with Crippen LogP contribution in [0.1, 0.15) is 54.9 Å². The summed E-state index contributed by atoms with van der Waals surface area (Å²) in [5.41, 5.74) is 4.21. The highest BCUT2D eigenvalue weighted by molar-refractivity contribution is 9.10. The Morgan fingerprint density at radius 2 is 1.71 bits per heavy atom. The van der Waals surface area contributed by atoms with Gasteiger partial charge in [0.15, 0.2) is 5.60 Å². The lowest BCUT2D eigenvalue weighted by atomic mass is 9.82. The molecule has 3 amide bonds. The topological polar surface area (TPSA) is 99.6 Å². The first-order valence-corrected chi connectivity index (χ1v) is 23.6. The van der Waals surface area contributed by atoms with Gasteiger partial charge in [-0.15, -0.1) is 0 Å². The van der Waals surface area contributed by atoms with Crippen LogP contribution in [-0.2, 0) is 44.2 Å². The SMILES string of the molecule is COc1ccc([Si](C)(C)[C@@H]2[C@@H](CC(=O)N3Cc4ccccc4C[C@H]3CO)O[C@]3(C(=O)N(Cc4ccc(N5CCCCC5=O)cc4)c4ccc(Br)cc43)[C@H]2C)cc1. The number of aliphatic hydroxyl groups excluding tert-OH is 1. The van der Waals surface area contributed by atoms with Crippen molar-refractivity contribution in [3.63, 3.8) is 0 Å². The molecule has 1 N–H and O–H groups in total. The summed E-state index contributed by atoms with van der Waals surface area (Å²) in [6.07, 6.45) is 2.60. The molecule has 0 unspecified atom stereocenters. The molecule has 0 bridgehead atoms. The second-order valence-electron chi connectivity index (χ2n) is 16.4. The number of benzene rings is 4. The molecule has 0 saturated carbocycles. The summed E-state index contributed by atoms with van der Waals surface area (Å²) in [7, 11) is -0.847. The third kappa shape index (κ3) is 6.60. The second-order valence-corrected chi connectivity index (χ2v) is 22.0. The molecule has 0 radical (unpaired) electrons. The summed E-state index contributed by atoms with van der Waals surface area (Å²) in [6, 6.07) is 29.9. The van der Waals surface area contributed by atoms with Gasteiger partial charge in [0.05, 0.1) is 52.6 Å². The number of hydrogen-bond donors (Lipinski definition) is 1. The van der Waals surface area contributed by atoms with E-state index in [4.69, 9.17) is 9.47 Å². The number of aliphatic hydroxyl groups is 1. The van der Waals surface area contributed by atoms with E-state index >= 15 is 4.79 Å². The Labute approximate surface area is 338 Å². The lowest BCUT2D eigenvalue weighted by molar-refractivity contribution is -0.151. The number of rotatable bonds is 9. The second kappa shape index (κ2) is 15.2. The van der Waals surface area contributed by atoms with Gasteiger partial charge in [0, 0.05) is 41.2 Å². The third-order valence-electron chi connectivity index (χ3n) is 13.0. The van der Waals surface area contributed by atoms with Crippen molar-refractivity contribution >= 4 is 58.3 Å². The molecule has 4 aliphatic heterocycles. The maximum absolute atomic E-state index is 15.3. The van der Waals surface area contributed by atoms with Crippen LogP contribution in [0.5, 0.6) is 5.75 Å². The number of carbonyl (C=O) groups is 3. The van der Waals surface area contributed by atoms with E-state index in [9.17, 15) is 14.7 Å². The Morgan fingerprint density at radius 1 is 0.982 bits per heavy atom. The van der Waals surface area contributed by atoms with Gasteiger partial charge in [-0.25, -0.2) is 0 Å². The minimum atomic E-state index is -2.51. The molecule has 56 heavy (non-hydrogen) atoms. The third-order valence-corrected chi connectivity index (χ3v) is 17.8. The Bertz CT molecular complexity index is 2140. The molecule has 4 aromatic rings. The van der Waals surface area contributed by atoms with Gasteiger partial charge in [-0.05, 0) is 84.0 Å². The molecular formula is C45H50BrN3O6Si. The zero-order valence-corrected chi connectivity index (χ0v) is 35.1. The lowest BCUT2D eigenvalue weighted by Crippen LogP contribution is -2.52. The minimum Gasteiger partial charge on any atom is -0.497 e. The van der Waals surface area contributed by atoms with Crippen molar-refractivity contribution in [1.82, 2.24) is 4.90 Å². The summed E-state index contributed by atoms with van der Waals surface area (Å²) in [5.74, 6) is 0.425. The fourth-order valence-corrected chi connectivity index (χ4v) is 14.4. The summed E-state index contributed by atoms with van der Waals surface area (Å²) < 4.78 is 13.7. The highest BCUT2D eigenvalue weighted by atomic mass is 79.9. The lowest BCUT2D eigenvalue weighted by Gasteiger charge is -2.39. The number of ether oxygens (including phenoxy) is 2. The molecule has 1 spiro atoms. The normalized spacial score (nSPS) is 24.8. The van der Waals surface area contributed by atoms with E-state index in [2.05, 4.69) is 60.2 Å². The average Bonchev–Trinajstić information content (AvgIpc) is 3.63. The summed E-state index contributed by atoms with van der Waals surface area (Å²) in [6.45, 7) is 8.11. The first kappa shape index (κ1) is 38.6. The van der Waals surface area contributed by atoms with E-state index < -0.39 is 19.8 Å². The standard InChI is InChI=1S/C45H50BrN3O6Si/c1-29-43(56(3,4)37-19-17-36(54-2)18-20-37)40(25-42(52)48-27-32-10-6-5-9-31(32)23-35(48)28-50)55-45(29)38-24-33(46)14-21-39(38)49(44(45)53)26-30-12-15-34(16-13-30)47-22-8-7-11-41(47)51/h5-6,9-10,12-21,24,29,35,40,43,50H,7-8,11,22-23,25-28H2,1-4H3/t29-,35-,40+,43-,45+/m0/s1. The number of halogens is 1. The Morgan fingerprint density at radius 3 is 2.41 bits per heavy atom. The number of hydrogen-bond acceptors (Lipinski definition) is 6. The van der Waals surface area contributed by atoms with Gasteiger partial charge in [-0.2, -0.15) is 0 Å². The monoisotopic (exact) mass is 835 g/mol. The van der Waals surface area contributed by atoms with E-state index in [1.807, 2.05) is 81.4 Å². The first-order chi connectivity index (χ1) is 27.0. The van der Waals surface area contributed by atoms with E-state index in [1.54, 1.807) is 7.11 Å². The Balaban J connectivity index is 1.16. The Kier molecular flexibility index (Phi) is 10.5. The summed E-state index contributed by atoms with van der Waals surface area (Å²) in [5, 5.41) is 11.7. The molecule has 2 fully saturated rings. The highest BCUT2D eigenvalue weighted by Gasteiger charge is 2.66. The van der Waals surface area contributed by atoms with Crippen LogP contribution in [0, 0.1) is 5.92 Å². The fraction of sp³-hybridized carbons (Fsp3) is 0.400. The maximum Gasteiger partial charge on any atom is 0.264 e. The van der Waals surface area contributed by atoms with Gasteiger partial charge < -0.3 is 29.3 Å². The van der Waals surface area contributed by atoms with Gasteiger partial charge in [0.2, 0.25) is 11.8 Å². The largest absolute Gasteiger partial charge is 0.497 e. The van der Waals surface area contributed by atoms with Gasteiger partial charge in [0.1, 0.15) is 5.75 Å².